The lowest BCUT2D eigenvalue weighted by molar-refractivity contribution is -0.139. The molecule has 25 heavy (non-hydrogen) atoms. The molecule has 8 heteroatoms. The van der Waals surface area contributed by atoms with Gasteiger partial charge in [0.2, 0.25) is 5.91 Å². The SMILES string of the molecule is Cc1cc([C@@H]2CCCN2C(=O)CN2C(=O)N[C@@](C)(C3CC3)C2=O)on1. The van der Waals surface area contributed by atoms with Crippen LogP contribution in [0.1, 0.15) is 50.1 Å². The van der Waals surface area contributed by atoms with Gasteiger partial charge in [-0.1, -0.05) is 5.16 Å². The summed E-state index contributed by atoms with van der Waals surface area (Å²) in [5, 5.41) is 6.66. The average molecular weight is 346 g/mol. The van der Waals surface area contributed by atoms with Crippen molar-refractivity contribution in [1.29, 1.82) is 0 Å². The molecule has 0 bridgehead atoms. The molecule has 8 nitrogen and oxygen atoms in total. The summed E-state index contributed by atoms with van der Waals surface area (Å²) >= 11 is 0. The van der Waals surface area contributed by atoms with E-state index in [4.69, 9.17) is 4.52 Å². The van der Waals surface area contributed by atoms with Crippen molar-refractivity contribution in [3.05, 3.63) is 17.5 Å². The summed E-state index contributed by atoms with van der Waals surface area (Å²) < 4.78 is 5.31. The van der Waals surface area contributed by atoms with Gasteiger partial charge in [-0.05, 0) is 45.4 Å². The number of nitrogens with one attached hydrogen (secondary N) is 1. The van der Waals surface area contributed by atoms with E-state index in [0.29, 0.717) is 12.3 Å². The van der Waals surface area contributed by atoms with Crippen LogP contribution in [-0.2, 0) is 9.59 Å². The van der Waals surface area contributed by atoms with Crippen LogP contribution in [0.3, 0.4) is 0 Å². The van der Waals surface area contributed by atoms with Crippen molar-refractivity contribution in [2.45, 2.75) is 51.1 Å². The van der Waals surface area contributed by atoms with Crippen LogP contribution < -0.4 is 5.32 Å². The number of hydrogen-bond acceptors (Lipinski definition) is 5. The Labute approximate surface area is 145 Å². The molecule has 3 aliphatic rings. The molecule has 3 fully saturated rings. The quantitative estimate of drug-likeness (QED) is 0.831. The molecule has 1 aromatic heterocycles. The summed E-state index contributed by atoms with van der Waals surface area (Å²) in [7, 11) is 0. The Hall–Kier alpha value is -2.38. The number of hydrogen-bond donors (Lipinski definition) is 1. The lowest BCUT2D eigenvalue weighted by atomic mass is 9.96. The zero-order chi connectivity index (χ0) is 17.8. The summed E-state index contributed by atoms with van der Waals surface area (Å²) in [6.45, 7) is 3.95. The van der Waals surface area contributed by atoms with Crippen molar-refractivity contribution in [1.82, 2.24) is 20.3 Å². The highest BCUT2D eigenvalue weighted by Crippen LogP contribution is 2.42. The van der Waals surface area contributed by atoms with E-state index < -0.39 is 11.6 Å². The number of carbonyl (C=O) groups excluding carboxylic acids is 3. The van der Waals surface area contributed by atoms with Crippen molar-refractivity contribution >= 4 is 17.8 Å². The molecule has 0 aromatic carbocycles. The maximum atomic E-state index is 12.8. The molecular formula is C17H22N4O4. The Bertz CT molecular complexity index is 741. The molecule has 0 unspecified atom stereocenters. The molecule has 1 N–H and O–H groups in total. The van der Waals surface area contributed by atoms with Gasteiger partial charge in [0.1, 0.15) is 12.1 Å². The van der Waals surface area contributed by atoms with Crippen molar-refractivity contribution in [2.75, 3.05) is 13.1 Å². The second kappa shape index (κ2) is 5.57. The minimum Gasteiger partial charge on any atom is -0.359 e. The largest absolute Gasteiger partial charge is 0.359 e. The molecular weight excluding hydrogens is 324 g/mol. The van der Waals surface area contributed by atoms with E-state index >= 15 is 0 Å². The molecule has 4 amide bonds. The molecule has 2 aliphatic heterocycles. The normalized spacial score (nSPS) is 29.4. The fraction of sp³-hybridized carbons (Fsp3) is 0.647. The van der Waals surface area contributed by atoms with Crippen molar-refractivity contribution in [3.63, 3.8) is 0 Å². The topological polar surface area (TPSA) is 95.8 Å². The summed E-state index contributed by atoms with van der Waals surface area (Å²) in [6.07, 6.45) is 3.52. The summed E-state index contributed by atoms with van der Waals surface area (Å²) in [6, 6.07) is 1.18. The number of imide groups is 1. The Morgan fingerprint density at radius 2 is 2.16 bits per heavy atom. The monoisotopic (exact) mass is 346 g/mol. The van der Waals surface area contributed by atoms with E-state index in [-0.39, 0.29) is 30.3 Å². The van der Waals surface area contributed by atoms with Crippen molar-refractivity contribution in [3.8, 4) is 0 Å². The number of aryl methyl sites for hydroxylation is 1. The molecule has 4 rings (SSSR count). The molecule has 1 aliphatic carbocycles. The molecule has 3 heterocycles. The van der Waals surface area contributed by atoms with E-state index in [1.165, 1.54) is 0 Å². The second-order valence-corrected chi connectivity index (χ2v) is 7.41. The first-order valence-corrected chi connectivity index (χ1v) is 8.77. The third-order valence-electron chi connectivity index (χ3n) is 5.54. The molecule has 1 saturated carbocycles. The third-order valence-corrected chi connectivity index (χ3v) is 5.54. The third kappa shape index (κ3) is 2.60. The average Bonchev–Trinajstić information content (AvgIpc) is 3.10. The van der Waals surface area contributed by atoms with Crippen molar-refractivity contribution < 1.29 is 18.9 Å². The second-order valence-electron chi connectivity index (χ2n) is 7.41. The van der Waals surface area contributed by atoms with Gasteiger partial charge in [0.25, 0.3) is 5.91 Å². The maximum absolute atomic E-state index is 12.8. The van der Waals surface area contributed by atoms with Gasteiger partial charge in [-0.2, -0.15) is 0 Å². The molecule has 0 spiro atoms. The van der Waals surface area contributed by atoms with E-state index in [0.717, 1.165) is 36.3 Å². The van der Waals surface area contributed by atoms with Crippen LogP contribution in [0.2, 0.25) is 0 Å². The van der Waals surface area contributed by atoms with Crippen LogP contribution in [-0.4, -0.2) is 51.4 Å². The highest BCUT2D eigenvalue weighted by Gasteiger charge is 2.56. The minimum atomic E-state index is -0.857. The van der Waals surface area contributed by atoms with E-state index in [9.17, 15) is 14.4 Å². The van der Waals surface area contributed by atoms with Gasteiger partial charge in [-0.15, -0.1) is 0 Å². The predicted octanol–water partition coefficient (Wildman–Crippen LogP) is 1.37. The number of likely N-dealkylation sites (tertiary alicyclic amines) is 1. The lowest BCUT2D eigenvalue weighted by Gasteiger charge is -2.25. The zero-order valence-electron chi connectivity index (χ0n) is 14.4. The Morgan fingerprint density at radius 1 is 1.40 bits per heavy atom. The first kappa shape index (κ1) is 16.1. The van der Waals surface area contributed by atoms with Gasteiger partial charge in [0.05, 0.1) is 11.7 Å². The van der Waals surface area contributed by atoms with Crippen LogP contribution in [0.25, 0.3) is 0 Å². The summed E-state index contributed by atoms with van der Waals surface area (Å²) in [5.74, 6) is 0.309. The van der Waals surface area contributed by atoms with E-state index in [1.54, 1.807) is 11.8 Å². The first-order chi connectivity index (χ1) is 11.9. The predicted molar refractivity (Wildman–Crippen MR) is 86.3 cm³/mol. The first-order valence-electron chi connectivity index (χ1n) is 8.77. The van der Waals surface area contributed by atoms with Crippen molar-refractivity contribution in [2.24, 2.45) is 5.92 Å². The maximum Gasteiger partial charge on any atom is 0.325 e. The standard InChI is InChI=1S/C17H22N4O4/c1-10-8-13(25-19-10)12-4-3-7-20(12)14(22)9-21-15(23)17(2,11-5-6-11)18-16(21)24/h8,11-12H,3-7,9H2,1-2H3,(H,18,24)/t12-,17-/m0/s1. The smallest absolute Gasteiger partial charge is 0.325 e. The van der Waals surface area contributed by atoms with Crippen LogP contribution >= 0.6 is 0 Å². The number of amides is 4. The molecule has 0 radical (unpaired) electrons. The lowest BCUT2D eigenvalue weighted by Crippen LogP contribution is -2.47. The van der Waals surface area contributed by atoms with Crippen LogP contribution in [0.15, 0.2) is 10.6 Å². The summed E-state index contributed by atoms with van der Waals surface area (Å²) in [5.41, 5.74) is -0.0901. The van der Waals surface area contributed by atoms with Gasteiger partial charge >= 0.3 is 6.03 Å². The number of rotatable bonds is 4. The number of carbonyl (C=O) groups is 3. The van der Waals surface area contributed by atoms with E-state index in [1.807, 2.05) is 13.0 Å². The molecule has 134 valence electrons. The molecule has 1 aromatic rings. The fourth-order valence-corrected chi connectivity index (χ4v) is 3.92. The van der Waals surface area contributed by atoms with Crippen LogP contribution in [0.4, 0.5) is 4.79 Å². The minimum absolute atomic E-state index is 0.177. The highest BCUT2D eigenvalue weighted by molar-refractivity contribution is 6.09. The highest BCUT2D eigenvalue weighted by atomic mass is 16.5. The number of urea groups is 1. The number of aromatic nitrogens is 1. The Balaban J connectivity index is 1.48. The van der Waals surface area contributed by atoms with Gasteiger partial charge < -0.3 is 14.7 Å². The van der Waals surface area contributed by atoms with E-state index in [2.05, 4.69) is 10.5 Å². The van der Waals surface area contributed by atoms with Crippen LogP contribution in [0.5, 0.6) is 0 Å². The zero-order valence-corrected chi connectivity index (χ0v) is 14.4. The van der Waals surface area contributed by atoms with Gasteiger partial charge in [-0.3, -0.25) is 14.5 Å². The van der Waals surface area contributed by atoms with Crippen LogP contribution in [0, 0.1) is 12.8 Å². The van der Waals surface area contributed by atoms with Gasteiger partial charge in [0, 0.05) is 12.6 Å². The Morgan fingerprint density at radius 3 is 2.80 bits per heavy atom. The molecule has 2 saturated heterocycles. The number of nitrogens with zero attached hydrogens (tertiary/aromatic N) is 3. The van der Waals surface area contributed by atoms with Gasteiger partial charge in [0.15, 0.2) is 5.76 Å². The van der Waals surface area contributed by atoms with Gasteiger partial charge in [-0.25, -0.2) is 4.79 Å². The molecule has 2 atom stereocenters. The fourth-order valence-electron chi connectivity index (χ4n) is 3.92. The Kier molecular flexibility index (Phi) is 3.59. The summed E-state index contributed by atoms with van der Waals surface area (Å²) in [4.78, 5) is 40.4.